The number of fused-ring (bicyclic) bond motifs is 2. The van der Waals surface area contributed by atoms with Crippen LogP contribution in [0.15, 0.2) is 4.99 Å². The number of hydrogen-bond acceptors (Lipinski definition) is 8. The number of aliphatic hydroxyl groups excluding tert-OH is 1. The van der Waals surface area contributed by atoms with E-state index < -0.39 is 23.2 Å². The van der Waals surface area contributed by atoms with Gasteiger partial charge in [0.05, 0.1) is 36.1 Å². The second kappa shape index (κ2) is 7.00. The first-order chi connectivity index (χ1) is 15.8. The van der Waals surface area contributed by atoms with Crippen LogP contribution in [0, 0.1) is 40.4 Å². The molecule has 6 aliphatic rings. The van der Waals surface area contributed by atoms with Gasteiger partial charge in [-0.25, -0.2) is 0 Å². The SMILES string of the molecule is CO[C@H]1[C@@H]2C[C@@H]3[C@H]1[C@](OC)(C[C@@H]2OC)[C@H]1[C@H](OC(C)=O)[C@@H]2[C@]4(C)C=N[C@H]1[C@]32[C@@H](OC)C[C@H]4O. The Bertz CT molecular complexity index is 881. The quantitative estimate of drug-likeness (QED) is 0.617. The van der Waals surface area contributed by atoms with Crippen LogP contribution in [0.3, 0.4) is 0 Å². The minimum atomic E-state index is -0.624. The summed E-state index contributed by atoms with van der Waals surface area (Å²) in [6.07, 6.45) is 2.91. The second-order valence-electron chi connectivity index (χ2n) is 11.5. The molecule has 0 radical (unpaired) electrons. The molecule has 0 amide bonds. The molecule has 5 aliphatic carbocycles. The number of methoxy groups -OCH3 is 4. The number of esters is 1. The predicted molar refractivity (Wildman–Crippen MR) is 118 cm³/mol. The smallest absolute Gasteiger partial charge is 0.302 e. The molecule has 0 saturated heterocycles. The number of carbonyl (C=O) groups excluding carboxylic acids is 1. The van der Waals surface area contributed by atoms with Gasteiger partial charge in [0.2, 0.25) is 0 Å². The summed E-state index contributed by atoms with van der Waals surface area (Å²) >= 11 is 0. The van der Waals surface area contributed by atoms with Crippen molar-refractivity contribution in [3.05, 3.63) is 0 Å². The molecule has 7 bridgehead atoms. The fourth-order valence-corrected chi connectivity index (χ4v) is 10.3. The third kappa shape index (κ3) is 2.27. The van der Waals surface area contributed by atoms with Crippen LogP contribution >= 0.6 is 0 Å². The molecular formula is C25H37NO7. The van der Waals surface area contributed by atoms with Crippen molar-refractivity contribution in [3.8, 4) is 0 Å². The van der Waals surface area contributed by atoms with E-state index in [-0.39, 0.29) is 65.3 Å². The largest absolute Gasteiger partial charge is 0.462 e. The maximum absolute atomic E-state index is 12.5. The molecule has 0 aromatic heterocycles. The molecule has 33 heavy (non-hydrogen) atoms. The third-order valence-electron chi connectivity index (χ3n) is 11.0. The zero-order chi connectivity index (χ0) is 23.5. The molecule has 14 atom stereocenters. The Hall–Kier alpha value is -1.06. The van der Waals surface area contributed by atoms with Crippen LogP contribution < -0.4 is 0 Å². The fourth-order valence-electron chi connectivity index (χ4n) is 10.3. The number of hydrogen-bond donors (Lipinski definition) is 1. The molecule has 5 saturated carbocycles. The summed E-state index contributed by atoms with van der Waals surface area (Å²) in [5.41, 5.74) is -1.56. The predicted octanol–water partition coefficient (Wildman–Crippen LogP) is 1.47. The van der Waals surface area contributed by atoms with Gasteiger partial charge in [0.25, 0.3) is 0 Å². The summed E-state index contributed by atoms with van der Waals surface area (Å²) in [5, 5.41) is 11.4. The van der Waals surface area contributed by atoms with Crippen molar-refractivity contribution in [2.75, 3.05) is 28.4 Å². The molecule has 0 unspecified atom stereocenters. The Kier molecular flexibility index (Phi) is 4.75. The Morgan fingerprint density at radius 3 is 2.42 bits per heavy atom. The molecular weight excluding hydrogens is 426 g/mol. The average Bonchev–Trinajstić information content (AvgIpc) is 3.21. The van der Waals surface area contributed by atoms with Crippen LogP contribution in [0.25, 0.3) is 0 Å². The molecule has 5 fully saturated rings. The molecule has 184 valence electrons. The minimum absolute atomic E-state index is 0.00438. The number of rotatable bonds is 5. The summed E-state index contributed by atoms with van der Waals surface area (Å²) in [5.74, 6) is 0.0196. The maximum Gasteiger partial charge on any atom is 0.302 e. The Morgan fingerprint density at radius 1 is 1.06 bits per heavy atom. The van der Waals surface area contributed by atoms with Gasteiger partial charge >= 0.3 is 5.97 Å². The van der Waals surface area contributed by atoms with Gasteiger partial charge in [-0.15, -0.1) is 0 Å². The lowest BCUT2D eigenvalue weighted by atomic mass is 9.44. The van der Waals surface area contributed by atoms with Gasteiger partial charge in [-0.2, -0.15) is 0 Å². The number of aliphatic hydroxyl groups is 1. The molecule has 8 nitrogen and oxygen atoms in total. The highest BCUT2D eigenvalue weighted by Gasteiger charge is 2.86. The monoisotopic (exact) mass is 463 g/mol. The first-order valence-corrected chi connectivity index (χ1v) is 12.3. The molecule has 0 aromatic rings. The van der Waals surface area contributed by atoms with Crippen molar-refractivity contribution in [1.29, 1.82) is 0 Å². The highest BCUT2D eigenvalue weighted by atomic mass is 16.6. The number of aliphatic imine (C=N–C) groups is 1. The van der Waals surface area contributed by atoms with E-state index >= 15 is 0 Å². The van der Waals surface area contributed by atoms with E-state index in [4.69, 9.17) is 28.7 Å². The summed E-state index contributed by atoms with van der Waals surface area (Å²) in [6, 6.07) is -0.106. The van der Waals surface area contributed by atoms with E-state index in [2.05, 4.69) is 6.92 Å². The normalized spacial score (nSPS) is 59.5. The third-order valence-corrected chi connectivity index (χ3v) is 11.0. The minimum Gasteiger partial charge on any atom is -0.462 e. The van der Waals surface area contributed by atoms with Crippen LogP contribution in [0.2, 0.25) is 0 Å². The molecule has 1 heterocycles. The second-order valence-corrected chi connectivity index (χ2v) is 11.5. The molecule has 1 N–H and O–H groups in total. The van der Waals surface area contributed by atoms with Crippen LogP contribution in [0.4, 0.5) is 0 Å². The molecule has 1 spiro atoms. The lowest BCUT2D eigenvalue weighted by molar-refractivity contribution is -0.250. The average molecular weight is 464 g/mol. The van der Waals surface area contributed by atoms with Gasteiger partial charge in [-0.3, -0.25) is 9.79 Å². The van der Waals surface area contributed by atoms with E-state index in [9.17, 15) is 9.90 Å². The van der Waals surface area contributed by atoms with Gasteiger partial charge in [0, 0.05) is 88.9 Å². The van der Waals surface area contributed by atoms with Gasteiger partial charge in [-0.1, -0.05) is 6.92 Å². The van der Waals surface area contributed by atoms with E-state index in [0.29, 0.717) is 6.42 Å². The highest BCUT2D eigenvalue weighted by molar-refractivity contribution is 5.72. The van der Waals surface area contributed by atoms with E-state index in [1.807, 2.05) is 6.21 Å². The topological polar surface area (TPSA) is 95.8 Å². The van der Waals surface area contributed by atoms with Crippen molar-refractivity contribution < 1.29 is 33.6 Å². The van der Waals surface area contributed by atoms with Gasteiger partial charge in [0.15, 0.2) is 0 Å². The van der Waals surface area contributed by atoms with Crippen molar-refractivity contribution in [3.63, 3.8) is 0 Å². The van der Waals surface area contributed by atoms with Crippen LogP contribution in [0.5, 0.6) is 0 Å². The van der Waals surface area contributed by atoms with Gasteiger partial charge in [-0.05, 0) is 12.3 Å². The Morgan fingerprint density at radius 2 is 1.82 bits per heavy atom. The summed E-state index contributed by atoms with van der Waals surface area (Å²) in [4.78, 5) is 17.7. The number of ether oxygens (including phenoxy) is 5. The van der Waals surface area contributed by atoms with Crippen LogP contribution in [-0.4, -0.2) is 87.9 Å². The van der Waals surface area contributed by atoms with E-state index in [1.165, 1.54) is 6.92 Å². The zero-order valence-electron chi connectivity index (χ0n) is 20.4. The first-order valence-electron chi connectivity index (χ1n) is 12.3. The van der Waals surface area contributed by atoms with Crippen molar-refractivity contribution in [2.45, 2.75) is 75.3 Å². The summed E-state index contributed by atoms with van der Waals surface area (Å²) in [7, 11) is 7.08. The summed E-state index contributed by atoms with van der Waals surface area (Å²) < 4.78 is 31.2. The fraction of sp³-hybridized carbons (Fsp3) is 0.920. The first kappa shape index (κ1) is 22.4. The van der Waals surface area contributed by atoms with Crippen molar-refractivity contribution >= 4 is 12.2 Å². The van der Waals surface area contributed by atoms with E-state index in [0.717, 1.165) is 12.8 Å². The van der Waals surface area contributed by atoms with Crippen molar-refractivity contribution in [1.82, 2.24) is 0 Å². The Labute approximate surface area is 195 Å². The lowest BCUT2D eigenvalue weighted by Crippen LogP contribution is -2.72. The zero-order valence-corrected chi connectivity index (χ0v) is 20.4. The molecule has 0 aromatic carbocycles. The molecule has 8 heteroatoms. The highest BCUT2D eigenvalue weighted by Crippen LogP contribution is 2.79. The Balaban J connectivity index is 1.65. The lowest BCUT2D eigenvalue weighted by Gasteiger charge is -2.65. The van der Waals surface area contributed by atoms with Crippen LogP contribution in [-0.2, 0) is 28.5 Å². The van der Waals surface area contributed by atoms with E-state index in [1.54, 1.807) is 28.4 Å². The van der Waals surface area contributed by atoms with Crippen molar-refractivity contribution in [2.24, 2.45) is 45.4 Å². The number of nitrogens with zero attached hydrogens (tertiary/aromatic N) is 1. The standard InChI is InChI=1S/C25H37NO7/c1-11(27)33-20-18-22-25(16(30-4)8-15(28)23(2,10-26-22)21(20)25)13-7-12-14(29-3)9-24(18,32-6)17(13)19(12)31-5/h10,12-22,28H,7-9H2,1-6H3/t12-,13-,14+,15-,16+,17-,18+,19+,20+,21-,22-,23-,24-,25+/m1/s1. The van der Waals surface area contributed by atoms with Crippen LogP contribution in [0.1, 0.15) is 33.1 Å². The molecule has 1 aliphatic heterocycles. The van der Waals surface area contributed by atoms with Gasteiger partial charge < -0.3 is 28.8 Å². The van der Waals surface area contributed by atoms with Gasteiger partial charge in [0.1, 0.15) is 6.10 Å². The molecule has 6 rings (SSSR count). The maximum atomic E-state index is 12.5. The number of carbonyl (C=O) groups is 1. The summed E-state index contributed by atoms with van der Waals surface area (Å²) in [6.45, 7) is 3.56.